The summed E-state index contributed by atoms with van der Waals surface area (Å²) in [6, 6.07) is 10.9. The van der Waals surface area contributed by atoms with Crippen LogP contribution in [0.15, 0.2) is 47.5 Å². The van der Waals surface area contributed by atoms with Crippen LogP contribution in [-0.2, 0) is 0 Å². The van der Waals surface area contributed by atoms with Crippen molar-refractivity contribution in [1.82, 2.24) is 10.3 Å². The summed E-state index contributed by atoms with van der Waals surface area (Å²) in [5.74, 6) is -2.49. The maximum Gasteiger partial charge on any atom is 0.254 e. The number of nitrogens with zero attached hydrogens (tertiary/aromatic N) is 1. The topological polar surface area (TPSA) is 42.0 Å². The van der Waals surface area contributed by atoms with Crippen LogP contribution in [0.1, 0.15) is 10.4 Å². The van der Waals surface area contributed by atoms with Gasteiger partial charge in [-0.1, -0.05) is 18.2 Å². The van der Waals surface area contributed by atoms with E-state index in [0.717, 1.165) is 17.2 Å². The third-order valence-electron chi connectivity index (χ3n) is 2.49. The number of hydrogen-bond acceptors (Lipinski definition) is 3. The van der Waals surface area contributed by atoms with Crippen LogP contribution in [0.3, 0.4) is 0 Å². The van der Waals surface area contributed by atoms with Gasteiger partial charge in [-0.25, -0.2) is 9.37 Å². The molecule has 0 aliphatic heterocycles. The molecule has 1 heterocycles. The summed E-state index contributed by atoms with van der Waals surface area (Å²) in [5, 5.41) is 2.54. The lowest BCUT2D eigenvalue weighted by Gasteiger charge is -2.06. The molecule has 1 aromatic heterocycles. The van der Waals surface area contributed by atoms with Gasteiger partial charge in [-0.15, -0.1) is 11.8 Å². The van der Waals surface area contributed by atoms with Crippen molar-refractivity contribution in [2.45, 2.75) is 4.90 Å². The van der Waals surface area contributed by atoms with Crippen molar-refractivity contribution in [2.24, 2.45) is 0 Å². The standard InChI is InChI=1S/C14H12F2N2OS/c15-12-11(6-7-17-13(12)16)14(19)18-8-9-20-10-4-2-1-3-5-10/h1-7H,8-9H2,(H,18,19). The molecule has 2 aromatic rings. The number of amides is 1. The first-order valence-electron chi connectivity index (χ1n) is 5.94. The molecule has 0 unspecified atom stereocenters. The van der Waals surface area contributed by atoms with Gasteiger partial charge in [0.2, 0.25) is 5.95 Å². The van der Waals surface area contributed by atoms with E-state index in [-0.39, 0.29) is 5.56 Å². The average molecular weight is 294 g/mol. The Balaban J connectivity index is 1.82. The second-order valence-corrected chi connectivity index (χ2v) is 5.05. The van der Waals surface area contributed by atoms with Gasteiger partial charge in [0.05, 0.1) is 5.56 Å². The molecule has 0 saturated heterocycles. The van der Waals surface area contributed by atoms with E-state index in [1.54, 1.807) is 11.8 Å². The van der Waals surface area contributed by atoms with Gasteiger partial charge in [-0.2, -0.15) is 4.39 Å². The fourth-order valence-electron chi connectivity index (χ4n) is 1.54. The highest BCUT2D eigenvalue weighted by molar-refractivity contribution is 7.99. The van der Waals surface area contributed by atoms with E-state index in [1.165, 1.54) is 0 Å². The number of thioether (sulfide) groups is 1. The van der Waals surface area contributed by atoms with Crippen LogP contribution in [0.4, 0.5) is 8.78 Å². The predicted molar refractivity (Wildman–Crippen MR) is 73.7 cm³/mol. The number of rotatable bonds is 5. The van der Waals surface area contributed by atoms with Gasteiger partial charge in [-0.05, 0) is 18.2 Å². The van der Waals surface area contributed by atoms with Crippen LogP contribution in [0.5, 0.6) is 0 Å². The van der Waals surface area contributed by atoms with Crippen LogP contribution in [0, 0.1) is 11.8 Å². The smallest absolute Gasteiger partial charge is 0.254 e. The second-order valence-electron chi connectivity index (χ2n) is 3.88. The maximum atomic E-state index is 13.3. The molecule has 1 amide bonds. The first kappa shape index (κ1) is 14.5. The minimum absolute atomic E-state index is 0.331. The summed E-state index contributed by atoms with van der Waals surface area (Å²) in [5.41, 5.74) is -0.331. The van der Waals surface area contributed by atoms with Gasteiger partial charge in [0, 0.05) is 23.4 Å². The molecule has 0 aliphatic carbocycles. The highest BCUT2D eigenvalue weighted by atomic mass is 32.2. The molecule has 0 saturated carbocycles. The molecule has 0 aliphatic rings. The lowest BCUT2D eigenvalue weighted by atomic mass is 10.2. The second kappa shape index (κ2) is 7.00. The molecule has 0 atom stereocenters. The Morgan fingerprint density at radius 3 is 2.70 bits per heavy atom. The molecule has 20 heavy (non-hydrogen) atoms. The van der Waals surface area contributed by atoms with Crippen molar-refractivity contribution in [2.75, 3.05) is 12.3 Å². The first-order chi connectivity index (χ1) is 9.68. The Labute approximate surface area is 119 Å². The lowest BCUT2D eigenvalue weighted by molar-refractivity contribution is 0.0950. The number of nitrogens with one attached hydrogen (secondary N) is 1. The molecular formula is C14H12F2N2OS. The van der Waals surface area contributed by atoms with E-state index in [9.17, 15) is 13.6 Å². The zero-order chi connectivity index (χ0) is 14.4. The number of carbonyl (C=O) groups excluding carboxylic acids is 1. The summed E-state index contributed by atoms with van der Waals surface area (Å²) in [7, 11) is 0. The third-order valence-corrected chi connectivity index (χ3v) is 3.50. The largest absolute Gasteiger partial charge is 0.351 e. The molecule has 3 nitrogen and oxygen atoms in total. The van der Waals surface area contributed by atoms with E-state index in [2.05, 4.69) is 10.3 Å². The Hall–Kier alpha value is -1.95. The van der Waals surface area contributed by atoms with E-state index < -0.39 is 17.7 Å². The van der Waals surface area contributed by atoms with Crippen LogP contribution in [0.25, 0.3) is 0 Å². The molecular weight excluding hydrogens is 282 g/mol. The number of benzene rings is 1. The van der Waals surface area contributed by atoms with Crippen molar-refractivity contribution in [3.8, 4) is 0 Å². The molecule has 2 rings (SSSR count). The quantitative estimate of drug-likeness (QED) is 0.524. The van der Waals surface area contributed by atoms with Crippen LogP contribution >= 0.6 is 11.8 Å². The minimum Gasteiger partial charge on any atom is -0.351 e. The Morgan fingerprint density at radius 1 is 1.20 bits per heavy atom. The summed E-state index contributed by atoms with van der Waals surface area (Å²) >= 11 is 1.57. The van der Waals surface area contributed by atoms with Gasteiger partial charge < -0.3 is 5.32 Å². The number of halogens is 2. The molecule has 1 aromatic carbocycles. The lowest BCUT2D eigenvalue weighted by Crippen LogP contribution is -2.27. The monoisotopic (exact) mass is 294 g/mol. The van der Waals surface area contributed by atoms with Gasteiger partial charge in [-0.3, -0.25) is 4.79 Å². The normalized spacial score (nSPS) is 10.3. The number of hydrogen-bond donors (Lipinski definition) is 1. The van der Waals surface area contributed by atoms with Gasteiger partial charge in [0.15, 0.2) is 5.82 Å². The molecule has 0 radical (unpaired) electrons. The van der Waals surface area contributed by atoms with Crippen molar-refractivity contribution in [3.05, 3.63) is 59.9 Å². The Kier molecular flexibility index (Phi) is 5.06. The molecule has 0 bridgehead atoms. The van der Waals surface area contributed by atoms with Crippen molar-refractivity contribution < 1.29 is 13.6 Å². The molecule has 6 heteroatoms. The zero-order valence-corrected chi connectivity index (χ0v) is 11.3. The number of carbonyl (C=O) groups is 1. The third kappa shape index (κ3) is 3.77. The number of pyridine rings is 1. The minimum atomic E-state index is -1.27. The van der Waals surface area contributed by atoms with E-state index in [4.69, 9.17) is 0 Å². The summed E-state index contributed by atoms with van der Waals surface area (Å²) < 4.78 is 26.2. The van der Waals surface area contributed by atoms with Gasteiger partial charge in [0.25, 0.3) is 5.91 Å². The summed E-state index contributed by atoms with van der Waals surface area (Å²) in [4.78, 5) is 15.9. The van der Waals surface area contributed by atoms with Gasteiger partial charge >= 0.3 is 0 Å². The fourth-order valence-corrected chi connectivity index (χ4v) is 2.33. The molecule has 1 N–H and O–H groups in total. The predicted octanol–water partition coefficient (Wildman–Crippen LogP) is 2.88. The van der Waals surface area contributed by atoms with Crippen LogP contribution in [0.2, 0.25) is 0 Å². The zero-order valence-electron chi connectivity index (χ0n) is 10.5. The summed E-state index contributed by atoms with van der Waals surface area (Å²) in [6.07, 6.45) is 1.06. The summed E-state index contributed by atoms with van der Waals surface area (Å²) in [6.45, 7) is 0.363. The average Bonchev–Trinajstić information content (AvgIpc) is 2.47. The van der Waals surface area contributed by atoms with Crippen LogP contribution in [-0.4, -0.2) is 23.2 Å². The SMILES string of the molecule is O=C(NCCSc1ccccc1)c1ccnc(F)c1F. The van der Waals surface area contributed by atoms with Gasteiger partial charge in [0.1, 0.15) is 0 Å². The number of aromatic nitrogens is 1. The molecule has 0 fully saturated rings. The van der Waals surface area contributed by atoms with Crippen molar-refractivity contribution >= 4 is 17.7 Å². The van der Waals surface area contributed by atoms with E-state index >= 15 is 0 Å². The maximum absolute atomic E-state index is 13.3. The Morgan fingerprint density at radius 2 is 1.95 bits per heavy atom. The van der Waals surface area contributed by atoms with Crippen molar-refractivity contribution in [3.63, 3.8) is 0 Å². The molecule has 0 spiro atoms. The fraction of sp³-hybridized carbons (Fsp3) is 0.143. The van der Waals surface area contributed by atoms with E-state index in [1.807, 2.05) is 30.3 Å². The van der Waals surface area contributed by atoms with Crippen LogP contribution < -0.4 is 5.32 Å². The molecule has 104 valence electrons. The highest BCUT2D eigenvalue weighted by Crippen LogP contribution is 2.16. The van der Waals surface area contributed by atoms with E-state index in [0.29, 0.717) is 12.3 Å². The highest BCUT2D eigenvalue weighted by Gasteiger charge is 2.15. The Bertz CT molecular complexity index is 593. The first-order valence-corrected chi connectivity index (χ1v) is 6.93. The van der Waals surface area contributed by atoms with Crippen molar-refractivity contribution in [1.29, 1.82) is 0 Å².